The second-order valence-corrected chi connectivity index (χ2v) is 2.49. The lowest BCUT2D eigenvalue weighted by Gasteiger charge is -2.22. The van der Waals surface area contributed by atoms with Crippen molar-refractivity contribution in [1.82, 2.24) is 0 Å². The van der Waals surface area contributed by atoms with Crippen LogP contribution >= 0.6 is 0 Å². The van der Waals surface area contributed by atoms with E-state index in [1.54, 1.807) is 0 Å². The Balaban J connectivity index is 3.63. The molecule has 0 fully saturated rings. The molecule has 3 heteroatoms. The van der Waals surface area contributed by atoms with Gasteiger partial charge in [-0.25, -0.2) is 0 Å². The van der Waals surface area contributed by atoms with Gasteiger partial charge in [-0.1, -0.05) is 13.8 Å². The third kappa shape index (κ3) is 4.73. The maximum absolute atomic E-state index is 8.78. The van der Waals surface area contributed by atoms with Crippen LogP contribution < -0.4 is 0 Å². The molecule has 0 aliphatic carbocycles. The van der Waals surface area contributed by atoms with Gasteiger partial charge in [-0.15, -0.1) is 0 Å². The number of hydrogen-bond donors (Lipinski definition) is 2. The Bertz CT molecular complexity index is 81.3. The SMILES string of the molecule is CCC(CC)OC(C)(O)O. The largest absolute Gasteiger partial charge is 0.344 e. The molecule has 0 saturated carbocycles. The van der Waals surface area contributed by atoms with Gasteiger partial charge < -0.3 is 14.9 Å². The van der Waals surface area contributed by atoms with Crippen molar-refractivity contribution in [3.63, 3.8) is 0 Å². The number of aliphatic hydroxyl groups is 2. The van der Waals surface area contributed by atoms with E-state index in [0.29, 0.717) is 0 Å². The summed E-state index contributed by atoms with van der Waals surface area (Å²) in [6.07, 6.45) is 1.54. The summed E-state index contributed by atoms with van der Waals surface area (Å²) in [5.74, 6) is -1.98. The van der Waals surface area contributed by atoms with Gasteiger partial charge in [0.05, 0.1) is 6.10 Å². The molecule has 62 valence electrons. The van der Waals surface area contributed by atoms with Crippen molar-refractivity contribution < 1.29 is 14.9 Å². The summed E-state index contributed by atoms with van der Waals surface area (Å²) in [6, 6.07) is 0. The molecule has 0 aliphatic heterocycles. The molecule has 3 nitrogen and oxygen atoms in total. The predicted molar refractivity (Wildman–Crippen MR) is 38.3 cm³/mol. The molecule has 0 saturated heterocycles. The molecule has 0 amide bonds. The maximum atomic E-state index is 8.78. The van der Waals surface area contributed by atoms with Crippen LogP contribution in [0, 0.1) is 0 Å². The van der Waals surface area contributed by atoms with Crippen LogP contribution in [0.5, 0.6) is 0 Å². The summed E-state index contributed by atoms with van der Waals surface area (Å²) in [7, 11) is 0. The first-order valence-corrected chi connectivity index (χ1v) is 3.62. The summed E-state index contributed by atoms with van der Waals surface area (Å²) < 4.78 is 4.85. The van der Waals surface area contributed by atoms with Gasteiger partial charge in [-0.05, 0) is 12.8 Å². The summed E-state index contributed by atoms with van der Waals surface area (Å²) in [5.41, 5.74) is 0. The van der Waals surface area contributed by atoms with E-state index in [4.69, 9.17) is 14.9 Å². The average Bonchev–Trinajstić information content (AvgIpc) is 1.81. The van der Waals surface area contributed by atoms with Crippen molar-refractivity contribution in [2.45, 2.75) is 45.7 Å². The van der Waals surface area contributed by atoms with Gasteiger partial charge in [-0.3, -0.25) is 0 Å². The van der Waals surface area contributed by atoms with Crippen LogP contribution in [0.25, 0.3) is 0 Å². The fourth-order valence-corrected chi connectivity index (χ4v) is 0.771. The highest BCUT2D eigenvalue weighted by molar-refractivity contribution is 4.53. The highest BCUT2D eigenvalue weighted by Gasteiger charge is 2.19. The third-order valence-corrected chi connectivity index (χ3v) is 1.30. The minimum Gasteiger partial charge on any atom is -0.344 e. The normalized spacial score (nSPS) is 12.6. The molecule has 0 aromatic heterocycles. The summed E-state index contributed by atoms with van der Waals surface area (Å²) in [5, 5.41) is 17.6. The summed E-state index contributed by atoms with van der Waals surface area (Å²) >= 11 is 0. The minimum absolute atomic E-state index is 0.0556. The van der Waals surface area contributed by atoms with Gasteiger partial charge in [0.2, 0.25) is 0 Å². The molecule has 0 atom stereocenters. The fraction of sp³-hybridized carbons (Fsp3) is 1.00. The van der Waals surface area contributed by atoms with Crippen LogP contribution in [0.3, 0.4) is 0 Å². The van der Waals surface area contributed by atoms with Crippen molar-refractivity contribution in [1.29, 1.82) is 0 Å². The first-order chi connectivity index (χ1) is 4.49. The number of rotatable bonds is 4. The van der Waals surface area contributed by atoms with Crippen molar-refractivity contribution in [3.8, 4) is 0 Å². The molecule has 0 rings (SSSR count). The van der Waals surface area contributed by atoms with Crippen LogP contribution in [-0.2, 0) is 4.74 Å². The summed E-state index contributed by atoms with van der Waals surface area (Å²) in [6.45, 7) is 5.10. The Morgan fingerprint density at radius 1 is 1.30 bits per heavy atom. The summed E-state index contributed by atoms with van der Waals surface area (Å²) in [4.78, 5) is 0. The molecule has 0 aromatic rings. The fourth-order valence-electron chi connectivity index (χ4n) is 0.771. The van der Waals surface area contributed by atoms with Crippen LogP contribution in [0.4, 0.5) is 0 Å². The number of ether oxygens (including phenoxy) is 1. The zero-order chi connectivity index (χ0) is 8.20. The van der Waals surface area contributed by atoms with Crippen LogP contribution in [0.1, 0.15) is 33.6 Å². The zero-order valence-corrected chi connectivity index (χ0v) is 6.79. The van der Waals surface area contributed by atoms with E-state index in [0.717, 1.165) is 12.8 Å². The molecule has 0 aliphatic rings. The Morgan fingerprint density at radius 2 is 1.70 bits per heavy atom. The van der Waals surface area contributed by atoms with E-state index in [2.05, 4.69) is 0 Å². The average molecular weight is 148 g/mol. The molecule has 0 bridgehead atoms. The zero-order valence-electron chi connectivity index (χ0n) is 6.79. The van der Waals surface area contributed by atoms with Gasteiger partial charge in [0.1, 0.15) is 0 Å². The first-order valence-electron chi connectivity index (χ1n) is 3.62. The molecule has 0 heterocycles. The molecular weight excluding hydrogens is 132 g/mol. The lowest BCUT2D eigenvalue weighted by Crippen LogP contribution is -2.32. The Morgan fingerprint density at radius 3 is 1.80 bits per heavy atom. The van der Waals surface area contributed by atoms with E-state index in [1.165, 1.54) is 6.92 Å². The molecule has 0 radical (unpaired) electrons. The minimum atomic E-state index is -1.98. The second kappa shape index (κ2) is 3.91. The molecule has 0 spiro atoms. The van der Waals surface area contributed by atoms with Crippen molar-refractivity contribution >= 4 is 0 Å². The quantitative estimate of drug-likeness (QED) is 0.581. The topological polar surface area (TPSA) is 49.7 Å². The highest BCUT2D eigenvalue weighted by atomic mass is 16.8. The predicted octanol–water partition coefficient (Wildman–Crippen LogP) is 0.850. The van der Waals surface area contributed by atoms with Crippen LogP contribution in [-0.4, -0.2) is 22.3 Å². The number of hydrogen-bond acceptors (Lipinski definition) is 3. The van der Waals surface area contributed by atoms with Crippen molar-refractivity contribution in [2.24, 2.45) is 0 Å². The van der Waals surface area contributed by atoms with E-state index in [9.17, 15) is 0 Å². The Kier molecular flexibility index (Phi) is 3.86. The van der Waals surface area contributed by atoms with Gasteiger partial charge >= 0.3 is 0 Å². The molecule has 0 unspecified atom stereocenters. The maximum Gasteiger partial charge on any atom is 0.275 e. The monoisotopic (exact) mass is 148 g/mol. The van der Waals surface area contributed by atoms with Gasteiger partial charge in [0, 0.05) is 6.92 Å². The van der Waals surface area contributed by atoms with Gasteiger partial charge in [0.25, 0.3) is 5.97 Å². The van der Waals surface area contributed by atoms with Gasteiger partial charge in [-0.2, -0.15) is 0 Å². The van der Waals surface area contributed by atoms with E-state index in [1.807, 2.05) is 13.8 Å². The van der Waals surface area contributed by atoms with E-state index >= 15 is 0 Å². The van der Waals surface area contributed by atoms with Crippen LogP contribution in [0.15, 0.2) is 0 Å². The van der Waals surface area contributed by atoms with E-state index in [-0.39, 0.29) is 6.10 Å². The standard InChI is InChI=1S/C7H16O3/c1-4-6(5-2)10-7(3,8)9/h6,8-9H,4-5H2,1-3H3. The molecule has 0 aromatic carbocycles. The highest BCUT2D eigenvalue weighted by Crippen LogP contribution is 2.10. The van der Waals surface area contributed by atoms with E-state index < -0.39 is 5.97 Å². The Hall–Kier alpha value is -0.120. The van der Waals surface area contributed by atoms with Crippen molar-refractivity contribution in [2.75, 3.05) is 0 Å². The Labute approximate surface area is 61.6 Å². The second-order valence-electron chi connectivity index (χ2n) is 2.49. The van der Waals surface area contributed by atoms with Crippen LogP contribution in [0.2, 0.25) is 0 Å². The van der Waals surface area contributed by atoms with Gasteiger partial charge in [0.15, 0.2) is 0 Å². The molecule has 10 heavy (non-hydrogen) atoms. The molecular formula is C7H16O3. The van der Waals surface area contributed by atoms with Crippen molar-refractivity contribution in [3.05, 3.63) is 0 Å². The smallest absolute Gasteiger partial charge is 0.275 e. The molecule has 2 N–H and O–H groups in total. The third-order valence-electron chi connectivity index (χ3n) is 1.30. The lowest BCUT2D eigenvalue weighted by atomic mass is 10.2. The lowest BCUT2D eigenvalue weighted by molar-refractivity contribution is -0.342. The first kappa shape index (κ1) is 9.88.